The highest BCUT2D eigenvalue weighted by Crippen LogP contribution is 2.19. The Balaban J connectivity index is 3.92. The molecule has 6 nitrogen and oxygen atoms in total. The molecule has 1 unspecified atom stereocenters. The smallest absolute Gasteiger partial charge is 0.306 e. The number of unbranched alkanes of at least 4 members (excludes halogenated alkanes) is 50. The zero-order valence-corrected chi connectivity index (χ0v) is 50.4. The second-order valence-electron chi connectivity index (χ2n) is 23.1. The molecular formula is C68H130O6. The number of carbonyl (C=O) groups is 3. The Morgan fingerprint density at radius 1 is 0.257 bits per heavy atom. The summed E-state index contributed by atoms with van der Waals surface area (Å²) in [4.78, 5) is 38.0. The second-order valence-corrected chi connectivity index (χ2v) is 23.1. The van der Waals surface area contributed by atoms with E-state index in [1.54, 1.807) is 0 Å². The van der Waals surface area contributed by atoms with Gasteiger partial charge in [0, 0.05) is 19.3 Å². The van der Waals surface area contributed by atoms with Gasteiger partial charge in [0.05, 0.1) is 0 Å². The van der Waals surface area contributed by atoms with Crippen LogP contribution in [0.5, 0.6) is 0 Å². The standard InChI is InChI=1S/C68H130O6/c1-4-7-10-13-16-18-20-22-24-26-27-28-29-30-31-32-33-34-35-36-37-38-39-40-41-42-44-45-47-49-52-55-58-61-67(70)73-64-65(63-72-66(69)60-57-54-51-15-12-9-6-3)74-68(71)62-59-56-53-50-48-46-43-25-23-21-19-17-14-11-8-5-2/h25,43,65H,4-24,26-42,44-64H2,1-3H3/b43-25-. The molecule has 0 amide bonds. The molecule has 0 aliphatic rings. The molecule has 0 aromatic heterocycles. The first-order valence-corrected chi connectivity index (χ1v) is 33.7. The van der Waals surface area contributed by atoms with Crippen molar-refractivity contribution in [1.82, 2.24) is 0 Å². The van der Waals surface area contributed by atoms with Crippen LogP contribution in [0.25, 0.3) is 0 Å². The number of rotatable bonds is 63. The minimum Gasteiger partial charge on any atom is -0.462 e. The average Bonchev–Trinajstić information content (AvgIpc) is 3.40. The Bertz CT molecular complexity index is 1150. The number of ether oxygens (including phenoxy) is 3. The number of carbonyl (C=O) groups excluding carboxylic acids is 3. The van der Waals surface area contributed by atoms with E-state index < -0.39 is 6.10 Å². The summed E-state index contributed by atoms with van der Waals surface area (Å²) in [6, 6.07) is 0. The first-order chi connectivity index (χ1) is 36.5. The molecule has 0 bridgehead atoms. The van der Waals surface area contributed by atoms with E-state index in [1.165, 1.54) is 283 Å². The van der Waals surface area contributed by atoms with Gasteiger partial charge in [-0.2, -0.15) is 0 Å². The molecule has 0 radical (unpaired) electrons. The van der Waals surface area contributed by atoms with Crippen molar-refractivity contribution in [2.24, 2.45) is 0 Å². The highest BCUT2D eigenvalue weighted by Gasteiger charge is 2.19. The van der Waals surface area contributed by atoms with Crippen molar-refractivity contribution >= 4 is 17.9 Å². The lowest BCUT2D eigenvalue weighted by molar-refractivity contribution is -0.167. The number of esters is 3. The van der Waals surface area contributed by atoms with Gasteiger partial charge in [-0.15, -0.1) is 0 Å². The molecule has 0 rings (SSSR count). The molecule has 6 heteroatoms. The molecule has 0 heterocycles. The molecule has 0 saturated carbocycles. The molecule has 0 aromatic carbocycles. The maximum atomic E-state index is 12.8. The quantitative estimate of drug-likeness (QED) is 0.0261. The van der Waals surface area contributed by atoms with Gasteiger partial charge < -0.3 is 14.2 Å². The van der Waals surface area contributed by atoms with Crippen LogP contribution in [0.15, 0.2) is 12.2 Å². The molecule has 0 N–H and O–H groups in total. The van der Waals surface area contributed by atoms with Crippen molar-refractivity contribution in [3.63, 3.8) is 0 Å². The highest BCUT2D eigenvalue weighted by molar-refractivity contribution is 5.71. The molecule has 0 fully saturated rings. The second kappa shape index (κ2) is 63.7. The third kappa shape index (κ3) is 61.0. The zero-order chi connectivity index (χ0) is 53.6. The van der Waals surface area contributed by atoms with E-state index in [9.17, 15) is 14.4 Å². The zero-order valence-electron chi connectivity index (χ0n) is 50.4. The molecule has 438 valence electrons. The van der Waals surface area contributed by atoms with Crippen LogP contribution >= 0.6 is 0 Å². The van der Waals surface area contributed by atoms with Crippen LogP contribution in [0.4, 0.5) is 0 Å². The fraction of sp³-hybridized carbons (Fsp3) is 0.926. The Morgan fingerprint density at radius 2 is 0.446 bits per heavy atom. The van der Waals surface area contributed by atoms with Gasteiger partial charge in [-0.25, -0.2) is 0 Å². The van der Waals surface area contributed by atoms with Gasteiger partial charge in [-0.1, -0.05) is 335 Å². The Labute approximate surface area is 462 Å². The minimum atomic E-state index is -0.768. The third-order valence-electron chi connectivity index (χ3n) is 15.5. The molecule has 0 saturated heterocycles. The Hall–Kier alpha value is -1.85. The summed E-state index contributed by atoms with van der Waals surface area (Å²) in [6.07, 6.45) is 75.7. The molecular weight excluding hydrogens is 913 g/mol. The van der Waals surface area contributed by atoms with Crippen molar-refractivity contribution in [3.05, 3.63) is 12.2 Å². The van der Waals surface area contributed by atoms with Crippen LogP contribution in [0.2, 0.25) is 0 Å². The monoisotopic (exact) mass is 1040 g/mol. The normalized spacial score (nSPS) is 12.0. The van der Waals surface area contributed by atoms with E-state index >= 15 is 0 Å². The summed E-state index contributed by atoms with van der Waals surface area (Å²) >= 11 is 0. The van der Waals surface area contributed by atoms with Gasteiger partial charge in [-0.3, -0.25) is 14.4 Å². The van der Waals surface area contributed by atoms with Gasteiger partial charge in [-0.05, 0) is 44.9 Å². The van der Waals surface area contributed by atoms with E-state index in [-0.39, 0.29) is 31.1 Å². The summed E-state index contributed by atoms with van der Waals surface area (Å²) in [5, 5.41) is 0. The van der Waals surface area contributed by atoms with E-state index in [1.807, 2.05) is 0 Å². The molecule has 0 aromatic rings. The molecule has 0 spiro atoms. The van der Waals surface area contributed by atoms with Crippen molar-refractivity contribution in [1.29, 1.82) is 0 Å². The van der Waals surface area contributed by atoms with E-state index in [2.05, 4.69) is 32.9 Å². The summed E-state index contributed by atoms with van der Waals surface area (Å²) in [6.45, 7) is 6.65. The average molecular weight is 1040 g/mol. The maximum Gasteiger partial charge on any atom is 0.306 e. The molecule has 74 heavy (non-hydrogen) atoms. The lowest BCUT2D eigenvalue weighted by Gasteiger charge is -2.18. The molecule has 0 aliphatic carbocycles. The van der Waals surface area contributed by atoms with Crippen LogP contribution in [-0.2, 0) is 28.6 Å². The molecule has 1 atom stereocenters. The number of hydrogen-bond donors (Lipinski definition) is 0. The Morgan fingerprint density at radius 3 is 0.676 bits per heavy atom. The van der Waals surface area contributed by atoms with Crippen LogP contribution in [0.3, 0.4) is 0 Å². The van der Waals surface area contributed by atoms with Crippen LogP contribution in [-0.4, -0.2) is 37.2 Å². The van der Waals surface area contributed by atoms with Gasteiger partial charge in [0.25, 0.3) is 0 Å². The topological polar surface area (TPSA) is 78.9 Å². The fourth-order valence-corrected chi connectivity index (χ4v) is 10.4. The first kappa shape index (κ1) is 72.2. The minimum absolute atomic E-state index is 0.0680. The van der Waals surface area contributed by atoms with Crippen molar-refractivity contribution < 1.29 is 28.6 Å². The van der Waals surface area contributed by atoms with Crippen LogP contribution in [0, 0.1) is 0 Å². The first-order valence-electron chi connectivity index (χ1n) is 33.7. The SMILES string of the molecule is CCCCCCCCC/C=C\CCCCCCCC(=O)OC(COC(=O)CCCCCCCCC)COC(=O)CCCCCCCCCCCCCCCCCCCCCCCCCCCCCCCCCCC. The summed E-state index contributed by atoms with van der Waals surface area (Å²) in [7, 11) is 0. The van der Waals surface area contributed by atoms with Gasteiger partial charge in [0.15, 0.2) is 6.10 Å². The van der Waals surface area contributed by atoms with Gasteiger partial charge in [0.2, 0.25) is 0 Å². The lowest BCUT2D eigenvalue weighted by atomic mass is 10.0. The van der Waals surface area contributed by atoms with Crippen molar-refractivity contribution in [2.75, 3.05) is 13.2 Å². The summed E-state index contributed by atoms with van der Waals surface area (Å²) in [5.74, 6) is -0.858. The van der Waals surface area contributed by atoms with E-state index in [4.69, 9.17) is 14.2 Å². The van der Waals surface area contributed by atoms with Gasteiger partial charge in [0.1, 0.15) is 13.2 Å². The predicted octanol–water partition coefficient (Wildman–Crippen LogP) is 22.8. The van der Waals surface area contributed by atoms with Crippen LogP contribution < -0.4 is 0 Å². The lowest BCUT2D eigenvalue weighted by Crippen LogP contribution is -2.30. The van der Waals surface area contributed by atoms with Crippen molar-refractivity contribution in [2.45, 2.75) is 393 Å². The van der Waals surface area contributed by atoms with E-state index in [0.29, 0.717) is 19.3 Å². The number of hydrogen-bond acceptors (Lipinski definition) is 6. The van der Waals surface area contributed by atoms with E-state index in [0.717, 1.165) is 64.2 Å². The van der Waals surface area contributed by atoms with Gasteiger partial charge >= 0.3 is 17.9 Å². The summed E-state index contributed by atoms with van der Waals surface area (Å²) in [5.41, 5.74) is 0. The summed E-state index contributed by atoms with van der Waals surface area (Å²) < 4.78 is 16.8. The third-order valence-corrected chi connectivity index (χ3v) is 15.5. The van der Waals surface area contributed by atoms with Crippen LogP contribution in [0.1, 0.15) is 387 Å². The predicted molar refractivity (Wildman–Crippen MR) is 321 cm³/mol. The molecule has 0 aliphatic heterocycles. The maximum absolute atomic E-state index is 12.8. The highest BCUT2D eigenvalue weighted by atomic mass is 16.6. The Kier molecular flexibility index (Phi) is 62.1. The fourth-order valence-electron chi connectivity index (χ4n) is 10.4. The van der Waals surface area contributed by atoms with Crippen molar-refractivity contribution in [3.8, 4) is 0 Å². The largest absolute Gasteiger partial charge is 0.462 e. The number of allylic oxidation sites excluding steroid dienone is 2.